The van der Waals surface area contributed by atoms with Gasteiger partial charge in [0.2, 0.25) is 0 Å². The molecule has 2 rings (SSSR count). The first-order valence-corrected chi connectivity index (χ1v) is 8.53. The summed E-state index contributed by atoms with van der Waals surface area (Å²) in [4.78, 5) is 24.2. The molecule has 124 valence electrons. The van der Waals surface area contributed by atoms with Gasteiger partial charge in [-0.2, -0.15) is 5.26 Å². The summed E-state index contributed by atoms with van der Waals surface area (Å²) in [6, 6.07) is 8.61. The predicted molar refractivity (Wildman–Crippen MR) is 92.2 cm³/mol. The van der Waals surface area contributed by atoms with Crippen LogP contribution in [0.15, 0.2) is 50.4 Å². The number of thioether (sulfide) groups is 1. The molecular weight excluding hydrogens is 396 g/mol. The number of thiocyanates is 1. The van der Waals surface area contributed by atoms with Crippen LogP contribution in [0.1, 0.15) is 12.2 Å². The number of rotatable bonds is 7. The average molecular weight is 409 g/mol. The largest absolute Gasteiger partial charge is 0.469 e. The van der Waals surface area contributed by atoms with Crippen molar-refractivity contribution >= 4 is 45.3 Å². The Morgan fingerprint density at radius 2 is 2.21 bits per heavy atom. The van der Waals surface area contributed by atoms with Crippen LogP contribution in [0, 0.1) is 10.7 Å². The van der Waals surface area contributed by atoms with Gasteiger partial charge in [0.25, 0.3) is 5.91 Å². The third kappa shape index (κ3) is 5.76. The van der Waals surface area contributed by atoms with Crippen LogP contribution >= 0.6 is 27.7 Å². The maximum Gasteiger partial charge on any atom is 0.306 e. The number of furan rings is 1. The van der Waals surface area contributed by atoms with E-state index in [1.165, 1.54) is 6.26 Å². The van der Waals surface area contributed by atoms with Crippen molar-refractivity contribution in [1.29, 1.82) is 5.26 Å². The number of hydrogen-bond acceptors (Lipinski definition) is 6. The third-order valence-corrected chi connectivity index (χ3v) is 4.14. The van der Waals surface area contributed by atoms with Crippen LogP contribution in [0.25, 0.3) is 0 Å². The minimum absolute atomic E-state index is 0.143. The summed E-state index contributed by atoms with van der Waals surface area (Å²) in [5, 5.41) is 13.2. The molecular formula is C16H13BrN2O4S. The average Bonchev–Trinajstić information content (AvgIpc) is 3.07. The van der Waals surface area contributed by atoms with Gasteiger partial charge in [0.15, 0.2) is 6.61 Å². The maximum absolute atomic E-state index is 11.8. The number of hydrogen-bond donors (Lipinski definition) is 1. The second kappa shape index (κ2) is 9.15. The first kappa shape index (κ1) is 18.1. The summed E-state index contributed by atoms with van der Waals surface area (Å²) in [7, 11) is 0. The van der Waals surface area contributed by atoms with Crippen LogP contribution in [0.5, 0.6) is 0 Å². The molecule has 8 heteroatoms. The van der Waals surface area contributed by atoms with E-state index in [2.05, 4.69) is 21.2 Å². The Morgan fingerprint density at radius 3 is 2.88 bits per heavy atom. The summed E-state index contributed by atoms with van der Waals surface area (Å²) >= 11 is 4.34. The molecule has 0 bridgehead atoms. The van der Waals surface area contributed by atoms with Gasteiger partial charge < -0.3 is 14.5 Å². The van der Waals surface area contributed by atoms with E-state index >= 15 is 0 Å². The van der Waals surface area contributed by atoms with Gasteiger partial charge in [-0.05, 0) is 58.0 Å². The van der Waals surface area contributed by atoms with Gasteiger partial charge in [0.1, 0.15) is 11.2 Å². The van der Waals surface area contributed by atoms with Gasteiger partial charge in [0, 0.05) is 15.8 Å². The molecule has 0 aliphatic carbocycles. The van der Waals surface area contributed by atoms with Crippen molar-refractivity contribution in [1.82, 2.24) is 0 Å². The molecule has 0 saturated heterocycles. The van der Waals surface area contributed by atoms with E-state index in [0.717, 1.165) is 16.7 Å². The fourth-order valence-electron chi connectivity index (χ4n) is 1.80. The zero-order chi connectivity index (χ0) is 17.4. The van der Waals surface area contributed by atoms with Crippen LogP contribution in [-0.2, 0) is 20.7 Å². The SMILES string of the molecule is N#CSc1ccc(NC(=O)COC(=O)CCc2ccco2)c(Br)c1. The molecule has 0 unspecified atom stereocenters. The number of halogens is 1. The lowest BCUT2D eigenvalue weighted by atomic mass is 10.2. The number of carbonyl (C=O) groups is 2. The lowest BCUT2D eigenvalue weighted by Gasteiger charge is -2.08. The molecule has 1 aromatic heterocycles. The molecule has 0 radical (unpaired) electrons. The topological polar surface area (TPSA) is 92.3 Å². The second-order valence-corrected chi connectivity index (χ2v) is 6.34. The van der Waals surface area contributed by atoms with Crippen molar-refractivity contribution < 1.29 is 18.7 Å². The first-order chi connectivity index (χ1) is 11.6. The Labute approximate surface area is 151 Å². The first-order valence-electron chi connectivity index (χ1n) is 6.92. The molecule has 0 spiro atoms. The molecule has 0 saturated carbocycles. The molecule has 0 aliphatic rings. The number of benzene rings is 1. The van der Waals surface area contributed by atoms with Crippen LogP contribution in [0.4, 0.5) is 5.69 Å². The van der Waals surface area contributed by atoms with E-state index in [-0.39, 0.29) is 13.0 Å². The van der Waals surface area contributed by atoms with E-state index in [9.17, 15) is 9.59 Å². The molecule has 1 heterocycles. The summed E-state index contributed by atoms with van der Waals surface area (Å²) in [6.45, 7) is -0.363. The number of esters is 1. The third-order valence-electron chi connectivity index (χ3n) is 2.90. The van der Waals surface area contributed by atoms with Gasteiger partial charge in [-0.15, -0.1) is 0 Å². The maximum atomic E-state index is 11.8. The Bertz CT molecular complexity index is 756. The lowest BCUT2D eigenvalue weighted by molar-refractivity contribution is -0.147. The number of nitrogens with zero attached hydrogens (tertiary/aromatic N) is 1. The lowest BCUT2D eigenvalue weighted by Crippen LogP contribution is -2.21. The molecule has 1 aromatic carbocycles. The number of ether oxygens (including phenoxy) is 1. The molecule has 0 atom stereocenters. The van der Waals surface area contributed by atoms with Gasteiger partial charge >= 0.3 is 5.97 Å². The predicted octanol–water partition coefficient (Wildman–Crippen LogP) is 3.73. The zero-order valence-corrected chi connectivity index (χ0v) is 14.9. The Balaban J connectivity index is 1.76. The van der Waals surface area contributed by atoms with E-state index in [1.807, 2.05) is 5.40 Å². The van der Waals surface area contributed by atoms with E-state index in [0.29, 0.717) is 22.3 Å². The Hall–Kier alpha value is -2.24. The minimum Gasteiger partial charge on any atom is -0.469 e. The monoisotopic (exact) mass is 408 g/mol. The van der Waals surface area contributed by atoms with Crippen molar-refractivity contribution in [3.05, 3.63) is 46.8 Å². The van der Waals surface area contributed by atoms with Gasteiger partial charge in [-0.1, -0.05) is 0 Å². The number of nitriles is 1. The summed E-state index contributed by atoms with van der Waals surface area (Å²) in [6.07, 6.45) is 2.11. The second-order valence-electron chi connectivity index (χ2n) is 4.62. The highest BCUT2D eigenvalue weighted by atomic mass is 79.9. The van der Waals surface area contributed by atoms with E-state index < -0.39 is 11.9 Å². The number of nitrogens with one attached hydrogen (secondary N) is 1. The fraction of sp³-hybridized carbons (Fsp3) is 0.188. The van der Waals surface area contributed by atoms with Crippen LogP contribution < -0.4 is 5.32 Å². The van der Waals surface area contributed by atoms with Crippen LogP contribution in [0.2, 0.25) is 0 Å². The minimum atomic E-state index is -0.471. The molecule has 6 nitrogen and oxygen atoms in total. The van der Waals surface area contributed by atoms with Gasteiger partial charge in [-0.3, -0.25) is 9.59 Å². The molecule has 0 fully saturated rings. The highest BCUT2D eigenvalue weighted by Crippen LogP contribution is 2.28. The van der Waals surface area contributed by atoms with E-state index in [4.69, 9.17) is 14.4 Å². The normalized spacial score (nSPS) is 10.0. The summed E-state index contributed by atoms with van der Waals surface area (Å²) in [5.41, 5.74) is 0.536. The molecule has 2 aromatic rings. The van der Waals surface area contributed by atoms with Crippen LogP contribution in [0.3, 0.4) is 0 Å². The van der Waals surface area contributed by atoms with Gasteiger partial charge in [0.05, 0.1) is 18.4 Å². The number of aryl methyl sites for hydroxylation is 1. The Kier molecular flexibility index (Phi) is 6.90. The van der Waals surface area contributed by atoms with E-state index in [1.54, 1.807) is 30.3 Å². The summed E-state index contributed by atoms with van der Waals surface area (Å²) < 4.78 is 10.7. The highest BCUT2D eigenvalue weighted by molar-refractivity contribution is 9.10. The van der Waals surface area contributed by atoms with Crippen molar-refractivity contribution in [2.45, 2.75) is 17.7 Å². The smallest absolute Gasteiger partial charge is 0.306 e. The van der Waals surface area contributed by atoms with Crippen molar-refractivity contribution in [2.75, 3.05) is 11.9 Å². The summed E-state index contributed by atoms with van der Waals surface area (Å²) in [5.74, 6) is -0.222. The van der Waals surface area contributed by atoms with Crippen molar-refractivity contribution in [2.24, 2.45) is 0 Å². The molecule has 0 aliphatic heterocycles. The molecule has 1 amide bonds. The Morgan fingerprint density at radius 1 is 1.38 bits per heavy atom. The quantitative estimate of drug-likeness (QED) is 0.426. The fourth-order valence-corrected chi connectivity index (χ4v) is 2.85. The molecule has 1 N–H and O–H groups in total. The van der Waals surface area contributed by atoms with Crippen LogP contribution in [-0.4, -0.2) is 18.5 Å². The standard InChI is InChI=1S/C16H13BrN2O4S/c17-13-8-12(24-10-18)4-5-14(13)19-15(20)9-23-16(21)6-3-11-2-1-7-22-11/h1-2,4-5,7-8H,3,6,9H2,(H,19,20). The number of anilines is 1. The number of amides is 1. The zero-order valence-electron chi connectivity index (χ0n) is 12.5. The van der Waals surface area contributed by atoms with Crippen molar-refractivity contribution in [3.8, 4) is 5.40 Å². The van der Waals surface area contributed by atoms with Gasteiger partial charge in [-0.25, -0.2) is 0 Å². The molecule has 24 heavy (non-hydrogen) atoms. The van der Waals surface area contributed by atoms with Crippen molar-refractivity contribution in [3.63, 3.8) is 0 Å². The highest BCUT2D eigenvalue weighted by Gasteiger charge is 2.11. The number of carbonyl (C=O) groups excluding carboxylic acids is 2.